The van der Waals surface area contributed by atoms with Gasteiger partial charge in [-0.1, -0.05) is 60.1 Å². The lowest BCUT2D eigenvalue weighted by Crippen LogP contribution is -2.42. The van der Waals surface area contributed by atoms with Crippen LogP contribution in [-0.4, -0.2) is 37.5 Å². The quantitative estimate of drug-likeness (QED) is 0.545. The molecule has 0 bridgehead atoms. The van der Waals surface area contributed by atoms with Crippen LogP contribution in [-0.2, 0) is 9.53 Å². The van der Waals surface area contributed by atoms with E-state index in [-0.39, 0.29) is 18.6 Å². The minimum Gasteiger partial charge on any atom is -0.497 e. The van der Waals surface area contributed by atoms with E-state index in [4.69, 9.17) is 26.1 Å². The fraction of sp³-hybridized carbons (Fsp3) is 0.167. The highest BCUT2D eigenvalue weighted by atomic mass is 35.5. The fourth-order valence-corrected chi connectivity index (χ4v) is 3.84. The maximum atomic E-state index is 12.4. The second kappa shape index (κ2) is 8.59. The van der Waals surface area contributed by atoms with Gasteiger partial charge in [-0.3, -0.25) is 4.79 Å². The van der Waals surface area contributed by atoms with E-state index in [0.717, 1.165) is 22.4 Å². The average Bonchev–Trinajstić information content (AvgIpc) is 2.79. The Morgan fingerprint density at radius 2 is 1.83 bits per heavy atom. The first-order chi connectivity index (χ1) is 14.6. The van der Waals surface area contributed by atoms with E-state index in [2.05, 4.69) is 0 Å². The topological polar surface area (TPSA) is 51.1 Å². The summed E-state index contributed by atoms with van der Waals surface area (Å²) >= 11 is 6.28. The van der Waals surface area contributed by atoms with E-state index in [1.165, 1.54) is 7.11 Å². The maximum absolute atomic E-state index is 12.4. The molecule has 0 amide bonds. The largest absolute Gasteiger partial charge is 0.497 e. The van der Waals surface area contributed by atoms with Crippen molar-refractivity contribution in [2.75, 3.05) is 20.8 Å². The van der Waals surface area contributed by atoms with E-state index < -0.39 is 0 Å². The molecule has 4 rings (SSSR count). The first-order valence-corrected chi connectivity index (χ1v) is 9.89. The lowest BCUT2D eigenvalue weighted by atomic mass is 9.93. The van der Waals surface area contributed by atoms with Gasteiger partial charge in [0.2, 0.25) is 0 Å². The molecule has 30 heavy (non-hydrogen) atoms. The van der Waals surface area contributed by atoms with Crippen LogP contribution in [0.15, 0.2) is 77.8 Å². The van der Waals surface area contributed by atoms with Gasteiger partial charge in [-0.15, -0.1) is 0 Å². The third-order valence-corrected chi connectivity index (χ3v) is 5.30. The van der Waals surface area contributed by atoms with Crippen molar-refractivity contribution in [3.63, 3.8) is 0 Å². The number of carbonyl (C=O) groups is 1. The molecule has 0 aromatic heterocycles. The summed E-state index contributed by atoms with van der Waals surface area (Å²) < 4.78 is 10.4. The van der Waals surface area contributed by atoms with Crippen LogP contribution in [0, 0.1) is 0 Å². The van der Waals surface area contributed by atoms with Crippen molar-refractivity contribution in [2.45, 2.75) is 6.04 Å². The Labute approximate surface area is 180 Å². The van der Waals surface area contributed by atoms with Crippen LogP contribution >= 0.6 is 11.6 Å². The SMILES string of the molecule is COC(=O)CN1C(c2cccc(OC)c2)=Nc2cc(Cl)ccc2[C@@H]1c1ccccc1. The molecule has 152 valence electrons. The summed E-state index contributed by atoms with van der Waals surface area (Å²) in [7, 11) is 3.01. The van der Waals surface area contributed by atoms with Crippen molar-refractivity contribution in [1.29, 1.82) is 0 Å². The van der Waals surface area contributed by atoms with Gasteiger partial charge in [0, 0.05) is 16.1 Å². The number of rotatable bonds is 5. The molecule has 3 aromatic rings. The smallest absolute Gasteiger partial charge is 0.325 e. The van der Waals surface area contributed by atoms with Crippen molar-refractivity contribution in [2.24, 2.45) is 4.99 Å². The van der Waals surface area contributed by atoms with E-state index in [0.29, 0.717) is 16.6 Å². The number of ether oxygens (including phenoxy) is 2. The van der Waals surface area contributed by atoms with Gasteiger partial charge in [-0.2, -0.15) is 0 Å². The van der Waals surface area contributed by atoms with E-state index >= 15 is 0 Å². The molecule has 0 aliphatic carbocycles. The van der Waals surface area contributed by atoms with Crippen LogP contribution < -0.4 is 4.74 Å². The Morgan fingerprint density at radius 3 is 2.57 bits per heavy atom. The minimum atomic E-state index is -0.344. The summed E-state index contributed by atoms with van der Waals surface area (Å²) in [5, 5.41) is 0.607. The Morgan fingerprint density at radius 1 is 1.03 bits per heavy atom. The molecule has 0 N–H and O–H groups in total. The third kappa shape index (κ3) is 3.89. The molecule has 1 heterocycles. The number of halogens is 1. The molecular weight excluding hydrogens is 400 g/mol. The molecule has 6 heteroatoms. The van der Waals surface area contributed by atoms with Gasteiger partial charge in [-0.05, 0) is 29.8 Å². The van der Waals surface area contributed by atoms with Crippen LogP contribution in [0.2, 0.25) is 5.02 Å². The molecule has 0 unspecified atom stereocenters. The van der Waals surface area contributed by atoms with Crippen molar-refractivity contribution < 1.29 is 14.3 Å². The zero-order chi connectivity index (χ0) is 21.1. The molecule has 1 atom stereocenters. The molecule has 0 saturated heterocycles. The number of methoxy groups -OCH3 is 2. The van der Waals surface area contributed by atoms with Crippen LogP contribution in [0.5, 0.6) is 5.75 Å². The van der Waals surface area contributed by atoms with Gasteiger partial charge in [0.25, 0.3) is 0 Å². The predicted molar refractivity (Wildman–Crippen MR) is 118 cm³/mol. The van der Waals surface area contributed by atoms with Crippen LogP contribution in [0.25, 0.3) is 0 Å². The Kier molecular flexibility index (Phi) is 5.72. The molecule has 0 spiro atoms. The monoisotopic (exact) mass is 420 g/mol. The number of hydrogen-bond donors (Lipinski definition) is 0. The zero-order valence-corrected chi connectivity index (χ0v) is 17.5. The molecule has 0 saturated carbocycles. The van der Waals surface area contributed by atoms with Gasteiger partial charge in [0.1, 0.15) is 18.1 Å². The molecule has 3 aromatic carbocycles. The molecule has 1 aliphatic rings. The number of nitrogens with zero attached hydrogens (tertiary/aromatic N) is 2. The first kappa shape index (κ1) is 20.0. The standard InChI is InChI=1S/C24H21ClN2O3/c1-29-19-10-6-9-17(13-19)24-26-21-14-18(25)11-12-20(21)23(16-7-4-3-5-8-16)27(24)15-22(28)30-2/h3-14,23H,15H2,1-2H3/t23-/m0/s1. The third-order valence-electron chi connectivity index (χ3n) is 5.07. The minimum absolute atomic E-state index is 0.0498. The van der Waals surface area contributed by atoms with Crippen LogP contribution in [0.4, 0.5) is 5.69 Å². The van der Waals surface area contributed by atoms with Gasteiger partial charge in [0.15, 0.2) is 0 Å². The summed E-state index contributed by atoms with van der Waals surface area (Å²) in [6, 6.07) is 23.1. The average molecular weight is 421 g/mol. The number of esters is 1. The summed E-state index contributed by atoms with van der Waals surface area (Å²) in [5.74, 6) is 1.02. The summed E-state index contributed by atoms with van der Waals surface area (Å²) in [4.78, 5) is 19.2. The normalized spacial score (nSPS) is 15.2. The highest BCUT2D eigenvalue weighted by molar-refractivity contribution is 6.30. The van der Waals surface area contributed by atoms with Crippen LogP contribution in [0.1, 0.15) is 22.7 Å². The molecule has 0 radical (unpaired) electrons. The molecule has 5 nitrogen and oxygen atoms in total. The molecule has 1 aliphatic heterocycles. The number of carbonyl (C=O) groups excluding carboxylic acids is 1. The maximum Gasteiger partial charge on any atom is 0.325 e. The van der Waals surface area contributed by atoms with Crippen molar-refractivity contribution in [1.82, 2.24) is 4.90 Å². The zero-order valence-electron chi connectivity index (χ0n) is 16.7. The number of fused-ring (bicyclic) bond motifs is 1. The highest BCUT2D eigenvalue weighted by Crippen LogP contribution is 2.41. The molecular formula is C24H21ClN2O3. The lowest BCUT2D eigenvalue weighted by molar-refractivity contribution is -0.141. The van der Waals surface area contributed by atoms with Gasteiger partial charge >= 0.3 is 5.97 Å². The number of aliphatic imine (C=N–C) groups is 1. The van der Waals surface area contributed by atoms with E-state index in [1.807, 2.05) is 77.7 Å². The van der Waals surface area contributed by atoms with Crippen molar-refractivity contribution >= 4 is 29.1 Å². The van der Waals surface area contributed by atoms with E-state index in [1.54, 1.807) is 7.11 Å². The Bertz CT molecular complexity index is 1100. The number of hydrogen-bond acceptors (Lipinski definition) is 5. The van der Waals surface area contributed by atoms with Gasteiger partial charge in [-0.25, -0.2) is 4.99 Å². The molecule has 0 fully saturated rings. The summed E-state index contributed by atoms with van der Waals surface area (Å²) in [6.45, 7) is 0.0498. The van der Waals surface area contributed by atoms with E-state index in [9.17, 15) is 4.79 Å². The summed E-state index contributed by atoms with van der Waals surface area (Å²) in [5.41, 5.74) is 3.63. The Hall–Kier alpha value is -3.31. The number of benzene rings is 3. The first-order valence-electron chi connectivity index (χ1n) is 9.51. The Balaban J connectivity index is 1.94. The van der Waals surface area contributed by atoms with Crippen LogP contribution in [0.3, 0.4) is 0 Å². The van der Waals surface area contributed by atoms with Gasteiger partial charge in [0.05, 0.1) is 25.9 Å². The van der Waals surface area contributed by atoms with Gasteiger partial charge < -0.3 is 14.4 Å². The second-order valence-electron chi connectivity index (χ2n) is 6.89. The number of amidine groups is 1. The fourth-order valence-electron chi connectivity index (χ4n) is 3.67. The summed E-state index contributed by atoms with van der Waals surface area (Å²) in [6.07, 6.45) is 0. The highest BCUT2D eigenvalue weighted by Gasteiger charge is 2.33. The predicted octanol–water partition coefficient (Wildman–Crippen LogP) is 5.00. The second-order valence-corrected chi connectivity index (χ2v) is 7.32. The van der Waals surface area contributed by atoms with Crippen molar-refractivity contribution in [3.05, 3.63) is 94.5 Å². The van der Waals surface area contributed by atoms with Crippen molar-refractivity contribution in [3.8, 4) is 5.75 Å². The lowest BCUT2D eigenvalue weighted by Gasteiger charge is -2.38.